The lowest BCUT2D eigenvalue weighted by Crippen LogP contribution is -2.22. The summed E-state index contributed by atoms with van der Waals surface area (Å²) in [4.78, 5) is 0. The van der Waals surface area contributed by atoms with Crippen molar-refractivity contribution in [2.75, 3.05) is 0 Å². The predicted molar refractivity (Wildman–Crippen MR) is 71.5 cm³/mol. The van der Waals surface area contributed by atoms with Crippen LogP contribution < -0.4 is 5.32 Å². The number of furan rings is 1. The van der Waals surface area contributed by atoms with Gasteiger partial charge in [0, 0.05) is 23.8 Å². The highest BCUT2D eigenvalue weighted by Crippen LogP contribution is 2.14. The molecule has 4 heteroatoms. The molecule has 98 valence electrons. The average Bonchev–Trinajstić information content (AvgIpc) is 2.84. The summed E-state index contributed by atoms with van der Waals surface area (Å²) in [5.41, 5.74) is 3.41. The molecule has 0 saturated heterocycles. The van der Waals surface area contributed by atoms with Gasteiger partial charge in [-0.1, -0.05) is 13.8 Å². The van der Waals surface area contributed by atoms with Gasteiger partial charge < -0.3 is 9.73 Å². The SMILES string of the molecule is Cc1cc(C)n(Cc2occc2CNC(C)C)n1. The summed E-state index contributed by atoms with van der Waals surface area (Å²) in [5, 5.41) is 7.86. The molecule has 0 atom stereocenters. The maximum absolute atomic E-state index is 5.56. The summed E-state index contributed by atoms with van der Waals surface area (Å²) in [5.74, 6) is 0.981. The van der Waals surface area contributed by atoms with Gasteiger partial charge >= 0.3 is 0 Å². The molecule has 2 rings (SSSR count). The van der Waals surface area contributed by atoms with Gasteiger partial charge in [0.1, 0.15) is 5.76 Å². The van der Waals surface area contributed by atoms with Crippen LogP contribution in [0.15, 0.2) is 22.8 Å². The van der Waals surface area contributed by atoms with E-state index < -0.39 is 0 Å². The lowest BCUT2D eigenvalue weighted by atomic mass is 10.2. The number of aromatic nitrogens is 2. The first kappa shape index (κ1) is 12.9. The number of hydrogen-bond donors (Lipinski definition) is 1. The summed E-state index contributed by atoms with van der Waals surface area (Å²) < 4.78 is 7.54. The molecule has 0 unspecified atom stereocenters. The molecule has 0 aromatic carbocycles. The monoisotopic (exact) mass is 247 g/mol. The minimum atomic E-state index is 0.474. The number of nitrogens with zero attached hydrogens (tertiary/aromatic N) is 2. The van der Waals surface area contributed by atoms with Crippen molar-refractivity contribution in [1.29, 1.82) is 0 Å². The molecule has 0 bridgehead atoms. The maximum atomic E-state index is 5.56. The Bertz CT molecular complexity index is 511. The molecule has 0 radical (unpaired) electrons. The second-order valence-corrected chi connectivity index (χ2v) is 4.99. The van der Waals surface area contributed by atoms with E-state index in [1.54, 1.807) is 6.26 Å². The van der Waals surface area contributed by atoms with Crippen LogP contribution in [-0.4, -0.2) is 15.8 Å². The Hall–Kier alpha value is -1.55. The van der Waals surface area contributed by atoms with Crippen LogP contribution >= 0.6 is 0 Å². The fourth-order valence-electron chi connectivity index (χ4n) is 1.95. The van der Waals surface area contributed by atoms with Crippen LogP contribution in [0.1, 0.15) is 36.6 Å². The third-order valence-electron chi connectivity index (χ3n) is 2.94. The average molecular weight is 247 g/mol. The molecule has 0 aliphatic rings. The molecular formula is C14H21N3O. The molecular weight excluding hydrogens is 226 g/mol. The van der Waals surface area contributed by atoms with Crippen LogP contribution in [-0.2, 0) is 13.1 Å². The smallest absolute Gasteiger partial charge is 0.129 e. The van der Waals surface area contributed by atoms with Gasteiger partial charge in [0.15, 0.2) is 0 Å². The zero-order chi connectivity index (χ0) is 13.1. The van der Waals surface area contributed by atoms with E-state index in [-0.39, 0.29) is 0 Å². The second-order valence-electron chi connectivity index (χ2n) is 4.99. The standard InChI is InChI=1S/C14H21N3O/c1-10(2)15-8-13-5-6-18-14(13)9-17-12(4)7-11(3)16-17/h5-7,10,15H,8-9H2,1-4H3. The van der Waals surface area contributed by atoms with Gasteiger partial charge in [-0.15, -0.1) is 0 Å². The lowest BCUT2D eigenvalue weighted by molar-refractivity contribution is 0.466. The van der Waals surface area contributed by atoms with Gasteiger partial charge in [-0.25, -0.2) is 0 Å². The van der Waals surface area contributed by atoms with Crippen molar-refractivity contribution in [1.82, 2.24) is 15.1 Å². The summed E-state index contributed by atoms with van der Waals surface area (Å²) in [7, 11) is 0. The molecule has 2 heterocycles. The summed E-state index contributed by atoms with van der Waals surface area (Å²) in [6, 6.07) is 4.58. The van der Waals surface area contributed by atoms with Crippen LogP contribution in [0.5, 0.6) is 0 Å². The van der Waals surface area contributed by atoms with Gasteiger partial charge in [-0.2, -0.15) is 5.10 Å². The molecule has 1 N–H and O–H groups in total. The molecule has 0 saturated carbocycles. The van der Waals surface area contributed by atoms with Crippen LogP contribution in [0.25, 0.3) is 0 Å². The molecule has 18 heavy (non-hydrogen) atoms. The van der Waals surface area contributed by atoms with E-state index in [0.717, 1.165) is 23.7 Å². The number of aryl methyl sites for hydroxylation is 2. The van der Waals surface area contributed by atoms with Crippen LogP contribution in [0, 0.1) is 13.8 Å². The summed E-state index contributed by atoms with van der Waals surface area (Å²) >= 11 is 0. The number of hydrogen-bond acceptors (Lipinski definition) is 3. The van der Waals surface area contributed by atoms with Crippen molar-refractivity contribution in [3.8, 4) is 0 Å². The van der Waals surface area contributed by atoms with E-state index in [0.29, 0.717) is 12.6 Å². The van der Waals surface area contributed by atoms with Crippen molar-refractivity contribution in [3.63, 3.8) is 0 Å². The third kappa shape index (κ3) is 3.01. The topological polar surface area (TPSA) is 43.0 Å². The highest BCUT2D eigenvalue weighted by atomic mass is 16.3. The first-order valence-electron chi connectivity index (χ1n) is 6.36. The van der Waals surface area contributed by atoms with Gasteiger partial charge in [0.05, 0.1) is 18.5 Å². The van der Waals surface area contributed by atoms with Crippen molar-refractivity contribution >= 4 is 0 Å². The van der Waals surface area contributed by atoms with Crippen molar-refractivity contribution in [2.24, 2.45) is 0 Å². The Balaban J connectivity index is 2.10. The molecule has 0 aliphatic carbocycles. The minimum absolute atomic E-state index is 0.474. The molecule has 0 aliphatic heterocycles. The Morgan fingerprint density at radius 1 is 1.39 bits per heavy atom. The van der Waals surface area contributed by atoms with Crippen LogP contribution in [0.2, 0.25) is 0 Å². The summed E-state index contributed by atoms with van der Waals surface area (Å²) in [6.45, 7) is 9.88. The molecule has 4 nitrogen and oxygen atoms in total. The fraction of sp³-hybridized carbons (Fsp3) is 0.500. The first-order chi connectivity index (χ1) is 8.56. The normalized spacial score (nSPS) is 11.4. The lowest BCUT2D eigenvalue weighted by Gasteiger charge is -2.08. The molecule has 0 spiro atoms. The quantitative estimate of drug-likeness (QED) is 0.883. The van der Waals surface area contributed by atoms with Crippen molar-refractivity contribution in [2.45, 2.75) is 46.8 Å². The van der Waals surface area contributed by atoms with Crippen molar-refractivity contribution in [3.05, 3.63) is 41.1 Å². The Morgan fingerprint density at radius 2 is 2.17 bits per heavy atom. The minimum Gasteiger partial charge on any atom is -0.467 e. The molecule has 2 aromatic rings. The largest absolute Gasteiger partial charge is 0.467 e. The Kier molecular flexibility index (Phi) is 3.87. The predicted octanol–water partition coefficient (Wildman–Crippen LogP) is 2.64. The Labute approximate surface area is 108 Å². The van der Waals surface area contributed by atoms with Gasteiger partial charge in [-0.05, 0) is 26.0 Å². The number of rotatable bonds is 5. The van der Waals surface area contributed by atoms with E-state index in [2.05, 4.69) is 37.3 Å². The van der Waals surface area contributed by atoms with Crippen molar-refractivity contribution < 1.29 is 4.42 Å². The highest BCUT2D eigenvalue weighted by Gasteiger charge is 2.09. The van der Waals surface area contributed by atoms with E-state index in [1.165, 1.54) is 5.56 Å². The van der Waals surface area contributed by atoms with Gasteiger partial charge in [-0.3, -0.25) is 4.68 Å². The zero-order valence-electron chi connectivity index (χ0n) is 11.5. The van der Waals surface area contributed by atoms with E-state index in [9.17, 15) is 0 Å². The third-order valence-corrected chi connectivity index (χ3v) is 2.94. The summed E-state index contributed by atoms with van der Waals surface area (Å²) in [6.07, 6.45) is 1.75. The van der Waals surface area contributed by atoms with Gasteiger partial charge in [0.2, 0.25) is 0 Å². The highest BCUT2D eigenvalue weighted by molar-refractivity contribution is 5.18. The number of nitrogens with one attached hydrogen (secondary N) is 1. The fourth-order valence-corrected chi connectivity index (χ4v) is 1.95. The molecule has 2 aromatic heterocycles. The first-order valence-corrected chi connectivity index (χ1v) is 6.36. The van der Waals surface area contributed by atoms with Gasteiger partial charge in [0.25, 0.3) is 0 Å². The molecule has 0 amide bonds. The van der Waals surface area contributed by atoms with E-state index in [1.807, 2.05) is 17.7 Å². The van der Waals surface area contributed by atoms with Crippen LogP contribution in [0.4, 0.5) is 0 Å². The zero-order valence-corrected chi connectivity index (χ0v) is 11.5. The second kappa shape index (κ2) is 5.40. The van der Waals surface area contributed by atoms with E-state index in [4.69, 9.17) is 4.42 Å². The van der Waals surface area contributed by atoms with E-state index >= 15 is 0 Å². The van der Waals surface area contributed by atoms with Crippen LogP contribution in [0.3, 0.4) is 0 Å². The molecule has 0 fully saturated rings. The Morgan fingerprint density at radius 3 is 2.78 bits per heavy atom. The maximum Gasteiger partial charge on any atom is 0.129 e.